The molecule has 1 aliphatic rings. The Morgan fingerprint density at radius 3 is 3.18 bits per heavy atom. The van der Waals surface area contributed by atoms with Gasteiger partial charge in [-0.25, -0.2) is 4.98 Å². The van der Waals surface area contributed by atoms with Gasteiger partial charge in [-0.3, -0.25) is 4.98 Å². The number of halogens is 1. The Bertz CT molecular complexity index is 359. The predicted octanol–water partition coefficient (Wildman–Crippen LogP) is 2.08. The molecule has 1 aromatic heterocycles. The van der Waals surface area contributed by atoms with Gasteiger partial charge in [0.15, 0.2) is 0 Å². The number of nitrogens with zero attached hydrogens (tertiary/aromatic N) is 3. The summed E-state index contributed by atoms with van der Waals surface area (Å²) in [6, 6.07) is 0. The van der Waals surface area contributed by atoms with E-state index in [4.69, 9.17) is 16.3 Å². The molecule has 5 heteroatoms. The second kappa shape index (κ2) is 6.17. The third-order valence-electron chi connectivity index (χ3n) is 3.05. The highest BCUT2D eigenvalue weighted by Crippen LogP contribution is 2.21. The lowest BCUT2D eigenvalue weighted by Gasteiger charge is -2.33. The number of piperidine rings is 1. The number of hydrogen-bond acceptors (Lipinski definition) is 4. The van der Waals surface area contributed by atoms with Gasteiger partial charge < -0.3 is 9.64 Å². The van der Waals surface area contributed by atoms with Crippen molar-refractivity contribution in [1.82, 2.24) is 9.97 Å². The fraction of sp³-hybridized carbons (Fsp3) is 0.667. The molecule has 4 nitrogen and oxygen atoms in total. The van der Waals surface area contributed by atoms with Crippen LogP contribution in [-0.4, -0.2) is 36.8 Å². The SMILES string of the molecule is COCC1CCCN(c2cncc(CCl)n2)C1. The standard InChI is InChI=1S/C12H18ClN3O/c1-17-9-10-3-2-4-16(8-10)12-7-14-6-11(5-13)15-12/h6-7,10H,2-5,8-9H2,1H3. The van der Waals surface area contributed by atoms with Crippen LogP contribution in [0.4, 0.5) is 5.82 Å². The van der Waals surface area contributed by atoms with Crippen LogP contribution in [0.3, 0.4) is 0 Å². The van der Waals surface area contributed by atoms with Gasteiger partial charge in [0.2, 0.25) is 0 Å². The fourth-order valence-corrected chi connectivity index (χ4v) is 2.39. The minimum absolute atomic E-state index is 0.413. The molecule has 1 aliphatic heterocycles. The molecule has 0 saturated carbocycles. The molecule has 0 aliphatic carbocycles. The molecule has 1 saturated heterocycles. The average molecular weight is 256 g/mol. The molecule has 1 atom stereocenters. The van der Waals surface area contributed by atoms with E-state index in [9.17, 15) is 0 Å². The van der Waals surface area contributed by atoms with Crippen LogP contribution < -0.4 is 4.90 Å². The molecule has 0 radical (unpaired) electrons. The van der Waals surface area contributed by atoms with Crippen molar-refractivity contribution in [1.29, 1.82) is 0 Å². The second-order valence-corrected chi connectivity index (χ2v) is 4.68. The third-order valence-corrected chi connectivity index (χ3v) is 3.33. The molecule has 2 rings (SSSR count). The van der Waals surface area contributed by atoms with Gasteiger partial charge in [0.05, 0.1) is 24.4 Å². The maximum atomic E-state index is 5.78. The van der Waals surface area contributed by atoms with Gasteiger partial charge in [0.1, 0.15) is 5.82 Å². The van der Waals surface area contributed by atoms with E-state index in [1.165, 1.54) is 12.8 Å². The first-order valence-corrected chi connectivity index (χ1v) is 6.47. The number of rotatable bonds is 4. The minimum atomic E-state index is 0.413. The van der Waals surface area contributed by atoms with Crippen LogP contribution in [0, 0.1) is 5.92 Å². The first-order chi connectivity index (χ1) is 8.33. The topological polar surface area (TPSA) is 38.2 Å². The zero-order chi connectivity index (χ0) is 12.1. The first kappa shape index (κ1) is 12.6. The summed E-state index contributed by atoms with van der Waals surface area (Å²) in [7, 11) is 1.76. The highest BCUT2D eigenvalue weighted by molar-refractivity contribution is 6.16. The Labute approximate surface area is 107 Å². The number of aromatic nitrogens is 2. The highest BCUT2D eigenvalue weighted by atomic mass is 35.5. The van der Waals surface area contributed by atoms with Crippen molar-refractivity contribution >= 4 is 17.4 Å². The Balaban J connectivity index is 2.05. The molecule has 1 aromatic rings. The maximum Gasteiger partial charge on any atom is 0.147 e. The predicted molar refractivity (Wildman–Crippen MR) is 68.4 cm³/mol. The van der Waals surface area contributed by atoms with Crippen LogP contribution in [0.25, 0.3) is 0 Å². The molecule has 0 spiro atoms. The fourth-order valence-electron chi connectivity index (χ4n) is 2.26. The van der Waals surface area contributed by atoms with Gasteiger partial charge in [-0.05, 0) is 18.8 Å². The first-order valence-electron chi connectivity index (χ1n) is 5.94. The van der Waals surface area contributed by atoms with E-state index >= 15 is 0 Å². The monoisotopic (exact) mass is 255 g/mol. The van der Waals surface area contributed by atoms with Crippen molar-refractivity contribution in [3.05, 3.63) is 18.1 Å². The van der Waals surface area contributed by atoms with Crippen molar-refractivity contribution < 1.29 is 4.74 Å². The van der Waals surface area contributed by atoms with Crippen LogP contribution in [-0.2, 0) is 10.6 Å². The summed E-state index contributed by atoms with van der Waals surface area (Å²) >= 11 is 5.78. The molecule has 94 valence electrons. The molecular formula is C12H18ClN3O. The molecule has 0 aromatic carbocycles. The van der Waals surface area contributed by atoms with E-state index < -0.39 is 0 Å². The van der Waals surface area contributed by atoms with E-state index in [2.05, 4.69) is 14.9 Å². The summed E-state index contributed by atoms with van der Waals surface area (Å²) in [5, 5.41) is 0. The molecule has 0 N–H and O–H groups in total. The van der Waals surface area contributed by atoms with Crippen LogP contribution in [0.5, 0.6) is 0 Å². The number of ether oxygens (including phenoxy) is 1. The van der Waals surface area contributed by atoms with E-state index in [1.807, 2.05) is 6.20 Å². The minimum Gasteiger partial charge on any atom is -0.384 e. The van der Waals surface area contributed by atoms with Crippen molar-refractivity contribution in [2.24, 2.45) is 5.92 Å². The average Bonchev–Trinajstić information content (AvgIpc) is 2.40. The Morgan fingerprint density at radius 2 is 2.41 bits per heavy atom. The molecule has 17 heavy (non-hydrogen) atoms. The van der Waals surface area contributed by atoms with Gasteiger partial charge in [0, 0.05) is 26.4 Å². The molecule has 1 fully saturated rings. The normalized spacial score (nSPS) is 20.6. The van der Waals surface area contributed by atoms with Gasteiger partial charge in [-0.15, -0.1) is 11.6 Å². The number of alkyl halides is 1. The third kappa shape index (κ3) is 3.30. The van der Waals surface area contributed by atoms with Crippen LogP contribution in [0.2, 0.25) is 0 Å². The smallest absolute Gasteiger partial charge is 0.147 e. The summed E-state index contributed by atoms with van der Waals surface area (Å²) in [5.41, 5.74) is 0.832. The Kier molecular flexibility index (Phi) is 4.57. The van der Waals surface area contributed by atoms with E-state index in [1.54, 1.807) is 13.3 Å². The van der Waals surface area contributed by atoms with Crippen LogP contribution in [0.1, 0.15) is 18.5 Å². The molecule has 0 bridgehead atoms. The summed E-state index contributed by atoms with van der Waals surface area (Å²) < 4.78 is 5.23. The van der Waals surface area contributed by atoms with Crippen molar-refractivity contribution in [2.45, 2.75) is 18.7 Å². The quantitative estimate of drug-likeness (QED) is 0.772. The Morgan fingerprint density at radius 1 is 1.53 bits per heavy atom. The second-order valence-electron chi connectivity index (χ2n) is 4.41. The lowest BCUT2D eigenvalue weighted by molar-refractivity contribution is 0.143. The van der Waals surface area contributed by atoms with Gasteiger partial charge in [0.25, 0.3) is 0 Å². The maximum absolute atomic E-state index is 5.78. The van der Waals surface area contributed by atoms with Crippen LogP contribution in [0.15, 0.2) is 12.4 Å². The van der Waals surface area contributed by atoms with Crippen molar-refractivity contribution in [3.8, 4) is 0 Å². The molecular weight excluding hydrogens is 238 g/mol. The summed E-state index contributed by atoms with van der Waals surface area (Å²) in [5.74, 6) is 1.94. The van der Waals surface area contributed by atoms with Crippen molar-refractivity contribution in [2.75, 3.05) is 31.7 Å². The van der Waals surface area contributed by atoms with Crippen molar-refractivity contribution in [3.63, 3.8) is 0 Å². The largest absolute Gasteiger partial charge is 0.384 e. The van der Waals surface area contributed by atoms with E-state index in [-0.39, 0.29) is 0 Å². The zero-order valence-corrected chi connectivity index (χ0v) is 10.9. The zero-order valence-electron chi connectivity index (χ0n) is 10.1. The lowest BCUT2D eigenvalue weighted by Crippen LogP contribution is -2.37. The number of methoxy groups -OCH3 is 1. The van der Waals surface area contributed by atoms with Gasteiger partial charge in [-0.1, -0.05) is 0 Å². The highest BCUT2D eigenvalue weighted by Gasteiger charge is 2.21. The van der Waals surface area contributed by atoms with E-state index in [0.717, 1.165) is 31.2 Å². The lowest BCUT2D eigenvalue weighted by atomic mass is 9.99. The Hall–Kier alpha value is -0.870. The summed E-state index contributed by atoms with van der Waals surface area (Å²) in [6.45, 7) is 2.86. The molecule has 1 unspecified atom stereocenters. The van der Waals surface area contributed by atoms with Crippen LogP contribution >= 0.6 is 11.6 Å². The van der Waals surface area contributed by atoms with Gasteiger partial charge >= 0.3 is 0 Å². The van der Waals surface area contributed by atoms with Gasteiger partial charge in [-0.2, -0.15) is 0 Å². The van der Waals surface area contributed by atoms with E-state index in [0.29, 0.717) is 11.8 Å². The molecule has 0 amide bonds. The molecule has 2 heterocycles. The summed E-state index contributed by atoms with van der Waals surface area (Å²) in [6.07, 6.45) is 5.94. The summed E-state index contributed by atoms with van der Waals surface area (Å²) in [4.78, 5) is 11.0. The number of anilines is 1. The number of hydrogen-bond donors (Lipinski definition) is 0.